The maximum Gasteiger partial charge on any atom is 0.338 e. The molecule has 232 valence electrons. The minimum Gasteiger partial charge on any atom is -0.498 e. The van der Waals surface area contributed by atoms with Crippen molar-refractivity contribution < 1.29 is 19.0 Å². The molecule has 0 heterocycles. The molecule has 3 fully saturated rings. The standard InChI is InChI=1S/C38H56O4/c1-7-40-23-24-41-30-14-11-28(12-15-30)36(39)42-31-19-21-37(5)29(25-31)13-16-32-34-18-17-33(27(4)10-8-9-26(2)3)38(34,6)22-20-35(32)37/h7,11-15,26-27,31-35H,1,8-10,16-25H2,2-6H3/t27-,31?,32?,33-,34?,35?,37+,38-/m1/s1. The fourth-order valence-corrected chi connectivity index (χ4v) is 9.95. The molecule has 0 saturated heterocycles. The van der Waals surface area contributed by atoms with Gasteiger partial charge in [-0.3, -0.25) is 0 Å². The van der Waals surface area contributed by atoms with E-state index in [1.54, 1.807) is 17.7 Å². The molecular weight excluding hydrogens is 520 g/mol. The fourth-order valence-electron chi connectivity index (χ4n) is 9.95. The first-order chi connectivity index (χ1) is 20.2. The van der Waals surface area contributed by atoms with Crippen LogP contribution in [-0.4, -0.2) is 25.3 Å². The van der Waals surface area contributed by atoms with Crippen LogP contribution in [0.25, 0.3) is 0 Å². The second-order valence-corrected chi connectivity index (χ2v) is 15.0. The van der Waals surface area contributed by atoms with Crippen molar-refractivity contribution in [2.45, 2.75) is 111 Å². The van der Waals surface area contributed by atoms with Crippen molar-refractivity contribution in [2.24, 2.45) is 46.3 Å². The predicted molar refractivity (Wildman–Crippen MR) is 170 cm³/mol. The molecular formula is C38H56O4. The van der Waals surface area contributed by atoms with Gasteiger partial charge in [0.1, 0.15) is 25.1 Å². The Morgan fingerprint density at radius 2 is 1.79 bits per heavy atom. The smallest absolute Gasteiger partial charge is 0.338 e. The van der Waals surface area contributed by atoms with Crippen LogP contribution in [0.3, 0.4) is 0 Å². The summed E-state index contributed by atoms with van der Waals surface area (Å²) in [6, 6.07) is 7.23. The number of esters is 1. The maximum atomic E-state index is 13.0. The van der Waals surface area contributed by atoms with Crippen LogP contribution in [0, 0.1) is 46.3 Å². The number of carbonyl (C=O) groups is 1. The van der Waals surface area contributed by atoms with Crippen molar-refractivity contribution in [2.75, 3.05) is 13.2 Å². The minimum atomic E-state index is -0.229. The monoisotopic (exact) mass is 576 g/mol. The van der Waals surface area contributed by atoms with E-state index in [-0.39, 0.29) is 17.5 Å². The van der Waals surface area contributed by atoms with Crippen molar-refractivity contribution in [1.29, 1.82) is 0 Å². The van der Waals surface area contributed by atoms with E-state index in [1.165, 1.54) is 57.6 Å². The van der Waals surface area contributed by atoms with Crippen LogP contribution in [-0.2, 0) is 9.47 Å². The average Bonchev–Trinajstić information content (AvgIpc) is 3.33. The Morgan fingerprint density at radius 1 is 1.00 bits per heavy atom. The van der Waals surface area contributed by atoms with Crippen molar-refractivity contribution in [3.8, 4) is 5.75 Å². The third-order valence-electron chi connectivity index (χ3n) is 12.2. The molecule has 0 radical (unpaired) electrons. The Balaban J connectivity index is 1.18. The topological polar surface area (TPSA) is 44.8 Å². The molecule has 42 heavy (non-hydrogen) atoms. The lowest BCUT2D eigenvalue weighted by molar-refractivity contribution is -0.0594. The van der Waals surface area contributed by atoms with Gasteiger partial charge in [-0.25, -0.2) is 4.79 Å². The lowest BCUT2D eigenvalue weighted by atomic mass is 9.47. The largest absolute Gasteiger partial charge is 0.498 e. The van der Waals surface area contributed by atoms with Gasteiger partial charge >= 0.3 is 5.97 Å². The molecule has 4 heteroatoms. The molecule has 0 aromatic heterocycles. The van der Waals surface area contributed by atoms with E-state index >= 15 is 0 Å². The van der Waals surface area contributed by atoms with Gasteiger partial charge in [-0.2, -0.15) is 0 Å². The summed E-state index contributed by atoms with van der Waals surface area (Å²) in [5, 5.41) is 0. The minimum absolute atomic E-state index is 0.0308. The van der Waals surface area contributed by atoms with Gasteiger partial charge in [0.15, 0.2) is 0 Å². The summed E-state index contributed by atoms with van der Waals surface area (Å²) in [7, 11) is 0. The lowest BCUT2D eigenvalue weighted by Crippen LogP contribution is -2.51. The number of ether oxygens (including phenoxy) is 3. The molecule has 0 amide bonds. The summed E-state index contributed by atoms with van der Waals surface area (Å²) < 4.78 is 16.8. The van der Waals surface area contributed by atoms with E-state index in [9.17, 15) is 4.79 Å². The summed E-state index contributed by atoms with van der Waals surface area (Å²) >= 11 is 0. The number of fused-ring (bicyclic) bond motifs is 5. The highest BCUT2D eigenvalue weighted by atomic mass is 16.5. The number of hydrogen-bond acceptors (Lipinski definition) is 4. The molecule has 8 atom stereocenters. The molecule has 0 spiro atoms. The third kappa shape index (κ3) is 6.34. The first-order valence-corrected chi connectivity index (χ1v) is 17.0. The number of rotatable bonds is 12. The second-order valence-electron chi connectivity index (χ2n) is 15.0. The molecule has 0 bridgehead atoms. The highest BCUT2D eigenvalue weighted by molar-refractivity contribution is 5.89. The fraction of sp³-hybridized carbons (Fsp3) is 0.711. The normalized spacial score (nSPS) is 34.4. The van der Waals surface area contributed by atoms with Crippen LogP contribution >= 0.6 is 0 Å². The molecule has 0 N–H and O–H groups in total. The predicted octanol–water partition coefficient (Wildman–Crippen LogP) is 9.79. The molecule has 1 aromatic rings. The number of carbonyl (C=O) groups excluding carboxylic acids is 1. The first-order valence-electron chi connectivity index (χ1n) is 17.0. The number of allylic oxidation sites excluding steroid dienone is 1. The van der Waals surface area contributed by atoms with E-state index in [0.717, 1.165) is 54.8 Å². The average molecular weight is 577 g/mol. The Bertz CT molecular complexity index is 1100. The Morgan fingerprint density at radius 3 is 2.52 bits per heavy atom. The van der Waals surface area contributed by atoms with Gasteiger partial charge in [0, 0.05) is 6.42 Å². The Labute approximate surface area is 255 Å². The molecule has 4 aliphatic carbocycles. The highest BCUT2D eigenvalue weighted by Gasteiger charge is 2.59. The van der Waals surface area contributed by atoms with Gasteiger partial charge in [0.25, 0.3) is 0 Å². The van der Waals surface area contributed by atoms with Crippen LogP contribution in [0.5, 0.6) is 5.75 Å². The summed E-state index contributed by atoms with van der Waals surface area (Å²) in [4.78, 5) is 13.0. The van der Waals surface area contributed by atoms with Crippen molar-refractivity contribution in [3.05, 3.63) is 54.3 Å². The summed E-state index contributed by atoms with van der Waals surface area (Å²) in [5.41, 5.74) is 2.94. The van der Waals surface area contributed by atoms with E-state index in [2.05, 4.69) is 47.3 Å². The second kappa shape index (κ2) is 13.2. The zero-order valence-electron chi connectivity index (χ0n) is 27.0. The van der Waals surface area contributed by atoms with Crippen LogP contribution in [0.1, 0.15) is 116 Å². The van der Waals surface area contributed by atoms with Crippen molar-refractivity contribution >= 4 is 5.97 Å². The number of hydrogen-bond donors (Lipinski definition) is 0. The quantitative estimate of drug-likeness (QED) is 0.107. The van der Waals surface area contributed by atoms with E-state index < -0.39 is 0 Å². The molecule has 1 aromatic carbocycles. The van der Waals surface area contributed by atoms with E-state index in [1.807, 2.05) is 12.1 Å². The van der Waals surface area contributed by atoms with E-state index in [4.69, 9.17) is 14.2 Å². The van der Waals surface area contributed by atoms with Gasteiger partial charge in [0.05, 0.1) is 11.8 Å². The zero-order chi connectivity index (χ0) is 29.9. The maximum absolute atomic E-state index is 13.0. The zero-order valence-corrected chi connectivity index (χ0v) is 27.0. The van der Waals surface area contributed by atoms with Gasteiger partial charge in [0.2, 0.25) is 0 Å². The third-order valence-corrected chi connectivity index (χ3v) is 12.2. The van der Waals surface area contributed by atoms with Crippen molar-refractivity contribution in [1.82, 2.24) is 0 Å². The SMILES string of the molecule is C=COCCOc1ccc(C(=O)OC2CC[C@@]3(C)C(=CCC4C3CC[C@@]3(C)C4CC[C@@H]3[C@H](C)CCCC(C)C)C2)cc1. The van der Waals surface area contributed by atoms with Gasteiger partial charge in [-0.15, -0.1) is 0 Å². The van der Waals surface area contributed by atoms with E-state index in [0.29, 0.717) is 29.9 Å². The van der Waals surface area contributed by atoms with Crippen LogP contribution < -0.4 is 4.74 Å². The first kappa shape index (κ1) is 31.2. The molecule has 5 rings (SSSR count). The highest BCUT2D eigenvalue weighted by Crippen LogP contribution is 2.67. The molecule has 4 aliphatic rings. The molecule has 0 aliphatic heterocycles. The van der Waals surface area contributed by atoms with Gasteiger partial charge in [-0.1, -0.05) is 72.1 Å². The summed E-state index contributed by atoms with van der Waals surface area (Å²) in [6.45, 7) is 16.9. The molecule has 3 saturated carbocycles. The lowest BCUT2D eigenvalue weighted by Gasteiger charge is -2.58. The summed E-state index contributed by atoms with van der Waals surface area (Å²) in [6.07, 6.45) is 18.0. The van der Waals surface area contributed by atoms with Crippen LogP contribution in [0.2, 0.25) is 0 Å². The summed E-state index contributed by atoms with van der Waals surface area (Å²) in [5.74, 6) is 5.55. The Hall–Kier alpha value is -2.23. The molecule has 4 nitrogen and oxygen atoms in total. The number of benzene rings is 1. The van der Waals surface area contributed by atoms with Gasteiger partial charge in [-0.05, 0) is 116 Å². The van der Waals surface area contributed by atoms with Crippen LogP contribution in [0.15, 0.2) is 48.8 Å². The molecule has 4 unspecified atom stereocenters. The Kier molecular flexibility index (Phi) is 9.79. The van der Waals surface area contributed by atoms with Gasteiger partial charge < -0.3 is 14.2 Å². The van der Waals surface area contributed by atoms with Crippen molar-refractivity contribution in [3.63, 3.8) is 0 Å². The van der Waals surface area contributed by atoms with Crippen LogP contribution in [0.4, 0.5) is 0 Å².